The van der Waals surface area contributed by atoms with E-state index in [0.717, 1.165) is 5.56 Å². The average Bonchev–Trinajstić information content (AvgIpc) is 2.81. The molecular weight excluding hydrogens is 430 g/mol. The maximum absolute atomic E-state index is 12.8. The third-order valence-electron chi connectivity index (χ3n) is 5.31. The molecule has 2 aromatic rings. The molecule has 0 radical (unpaired) electrons. The van der Waals surface area contributed by atoms with Crippen LogP contribution in [0.25, 0.3) is 0 Å². The first-order chi connectivity index (χ1) is 15.4. The summed E-state index contributed by atoms with van der Waals surface area (Å²) in [5.41, 5.74) is 1.48. The number of morpholine rings is 1. The molecular formula is C24H29NO6S. The van der Waals surface area contributed by atoms with Crippen LogP contribution in [0.15, 0.2) is 60.7 Å². The van der Waals surface area contributed by atoms with Gasteiger partial charge < -0.3 is 14.4 Å². The average molecular weight is 460 g/mol. The van der Waals surface area contributed by atoms with Crippen molar-refractivity contribution >= 4 is 21.7 Å². The van der Waals surface area contributed by atoms with Gasteiger partial charge in [0.1, 0.15) is 6.61 Å². The molecule has 0 spiro atoms. The van der Waals surface area contributed by atoms with E-state index in [0.29, 0.717) is 31.9 Å². The van der Waals surface area contributed by atoms with Gasteiger partial charge in [-0.1, -0.05) is 60.7 Å². The lowest BCUT2D eigenvalue weighted by Gasteiger charge is -2.27. The van der Waals surface area contributed by atoms with Crippen molar-refractivity contribution in [2.45, 2.75) is 25.2 Å². The van der Waals surface area contributed by atoms with Crippen molar-refractivity contribution in [2.75, 3.05) is 32.1 Å². The molecule has 0 aromatic heterocycles. The fourth-order valence-corrected chi connectivity index (χ4v) is 5.31. The van der Waals surface area contributed by atoms with E-state index in [1.54, 1.807) is 29.2 Å². The highest BCUT2D eigenvalue weighted by Crippen LogP contribution is 2.18. The van der Waals surface area contributed by atoms with Crippen molar-refractivity contribution in [3.05, 3.63) is 71.8 Å². The van der Waals surface area contributed by atoms with Gasteiger partial charge in [-0.2, -0.15) is 0 Å². The van der Waals surface area contributed by atoms with E-state index in [4.69, 9.17) is 9.47 Å². The molecule has 0 unspecified atom stereocenters. The van der Waals surface area contributed by atoms with Crippen LogP contribution in [0, 0.1) is 5.92 Å². The second-order valence-electron chi connectivity index (χ2n) is 7.86. The number of hydrogen-bond acceptors (Lipinski definition) is 6. The normalized spacial score (nSPS) is 15.2. The summed E-state index contributed by atoms with van der Waals surface area (Å²) in [6.07, 6.45) is 0.212. The molecule has 1 atom stereocenters. The van der Waals surface area contributed by atoms with Gasteiger partial charge in [-0.05, 0) is 17.5 Å². The van der Waals surface area contributed by atoms with Crippen LogP contribution in [0.5, 0.6) is 0 Å². The van der Waals surface area contributed by atoms with Crippen molar-refractivity contribution in [1.29, 1.82) is 0 Å². The first-order valence-corrected chi connectivity index (χ1v) is 12.6. The quantitative estimate of drug-likeness (QED) is 0.508. The SMILES string of the molecule is O=C(OCc1ccccc1)[C@@H](CCC(=O)N1CCOCC1)CS(=O)(=O)Cc1ccccc1. The molecule has 3 rings (SSSR count). The number of rotatable bonds is 10. The van der Waals surface area contributed by atoms with E-state index in [-0.39, 0.29) is 36.9 Å². The van der Waals surface area contributed by atoms with E-state index < -0.39 is 21.7 Å². The van der Waals surface area contributed by atoms with E-state index in [9.17, 15) is 18.0 Å². The van der Waals surface area contributed by atoms with E-state index in [1.807, 2.05) is 36.4 Å². The predicted octanol–water partition coefficient (Wildman–Crippen LogP) is 2.60. The minimum absolute atomic E-state index is 0.0618. The molecule has 1 heterocycles. The van der Waals surface area contributed by atoms with E-state index >= 15 is 0 Å². The summed E-state index contributed by atoms with van der Waals surface area (Å²) in [6.45, 7) is 2.05. The molecule has 1 aliphatic heterocycles. The summed E-state index contributed by atoms with van der Waals surface area (Å²) < 4.78 is 36.3. The van der Waals surface area contributed by atoms with Crippen molar-refractivity contribution in [1.82, 2.24) is 4.90 Å². The van der Waals surface area contributed by atoms with Gasteiger partial charge in [0.25, 0.3) is 0 Å². The third kappa shape index (κ3) is 7.76. The second kappa shape index (κ2) is 11.8. The molecule has 1 saturated heterocycles. The van der Waals surface area contributed by atoms with Gasteiger partial charge in [0, 0.05) is 19.5 Å². The predicted molar refractivity (Wildman–Crippen MR) is 120 cm³/mol. The summed E-state index contributed by atoms with van der Waals surface area (Å²) in [4.78, 5) is 27.0. The summed E-state index contributed by atoms with van der Waals surface area (Å²) in [6, 6.07) is 18.0. The molecule has 0 aliphatic carbocycles. The van der Waals surface area contributed by atoms with Gasteiger partial charge >= 0.3 is 5.97 Å². The molecule has 7 nitrogen and oxygen atoms in total. The highest BCUT2D eigenvalue weighted by atomic mass is 32.2. The van der Waals surface area contributed by atoms with Crippen LogP contribution in [0.2, 0.25) is 0 Å². The zero-order chi connectivity index (χ0) is 22.8. The van der Waals surface area contributed by atoms with Crippen LogP contribution >= 0.6 is 0 Å². The third-order valence-corrected chi connectivity index (χ3v) is 7.00. The van der Waals surface area contributed by atoms with Gasteiger partial charge in [0.2, 0.25) is 5.91 Å². The van der Waals surface area contributed by atoms with Crippen LogP contribution in [0.1, 0.15) is 24.0 Å². The molecule has 0 N–H and O–H groups in total. The number of nitrogens with zero attached hydrogens (tertiary/aromatic N) is 1. The molecule has 1 fully saturated rings. The Morgan fingerprint density at radius 2 is 1.53 bits per heavy atom. The fraction of sp³-hybridized carbons (Fsp3) is 0.417. The maximum atomic E-state index is 12.8. The Morgan fingerprint density at radius 1 is 0.938 bits per heavy atom. The zero-order valence-corrected chi connectivity index (χ0v) is 18.8. The lowest BCUT2D eigenvalue weighted by atomic mass is 10.0. The van der Waals surface area contributed by atoms with Gasteiger partial charge in [0.05, 0.1) is 30.6 Å². The van der Waals surface area contributed by atoms with Crippen molar-refractivity contribution in [3.63, 3.8) is 0 Å². The van der Waals surface area contributed by atoms with Crippen LogP contribution in [0.3, 0.4) is 0 Å². The summed E-state index contributed by atoms with van der Waals surface area (Å²) >= 11 is 0. The second-order valence-corrected chi connectivity index (χ2v) is 9.97. The van der Waals surface area contributed by atoms with Gasteiger partial charge in [-0.25, -0.2) is 8.42 Å². The minimum Gasteiger partial charge on any atom is -0.461 e. The largest absolute Gasteiger partial charge is 0.461 e. The lowest BCUT2D eigenvalue weighted by Crippen LogP contribution is -2.41. The van der Waals surface area contributed by atoms with Crippen LogP contribution in [-0.2, 0) is 41.3 Å². The van der Waals surface area contributed by atoms with E-state index in [1.165, 1.54) is 0 Å². The van der Waals surface area contributed by atoms with Gasteiger partial charge in [-0.15, -0.1) is 0 Å². The van der Waals surface area contributed by atoms with Crippen LogP contribution < -0.4 is 0 Å². The topological polar surface area (TPSA) is 90.0 Å². The zero-order valence-electron chi connectivity index (χ0n) is 18.0. The molecule has 2 aromatic carbocycles. The number of ether oxygens (including phenoxy) is 2. The Balaban J connectivity index is 1.64. The summed E-state index contributed by atoms with van der Waals surface area (Å²) in [7, 11) is -3.58. The Hall–Kier alpha value is -2.71. The first-order valence-electron chi connectivity index (χ1n) is 10.7. The number of benzene rings is 2. The van der Waals surface area contributed by atoms with E-state index in [2.05, 4.69) is 0 Å². The number of carbonyl (C=O) groups is 2. The molecule has 8 heteroatoms. The Labute approximate surface area is 189 Å². The van der Waals surface area contributed by atoms with Gasteiger partial charge in [-0.3, -0.25) is 9.59 Å². The number of hydrogen-bond donors (Lipinski definition) is 0. The Bertz CT molecular complexity index is 972. The Kier molecular flexibility index (Phi) is 8.81. The number of sulfone groups is 1. The summed E-state index contributed by atoms with van der Waals surface area (Å²) in [5, 5.41) is 0. The standard InChI is InChI=1S/C24H29NO6S/c26-23(25-13-15-30-16-14-25)12-11-22(24(27)31-17-20-7-3-1-4-8-20)19-32(28,29)18-21-9-5-2-6-10-21/h1-10,22H,11-19H2/t22-/m0/s1. The van der Waals surface area contributed by atoms with Gasteiger partial charge in [0.15, 0.2) is 9.84 Å². The summed E-state index contributed by atoms with van der Waals surface area (Å²) in [5.74, 6) is -2.12. The highest BCUT2D eigenvalue weighted by Gasteiger charge is 2.29. The smallest absolute Gasteiger partial charge is 0.310 e. The van der Waals surface area contributed by atoms with Crippen LogP contribution in [-0.4, -0.2) is 57.3 Å². The Morgan fingerprint density at radius 3 is 2.16 bits per heavy atom. The highest BCUT2D eigenvalue weighted by molar-refractivity contribution is 7.90. The molecule has 1 aliphatic rings. The molecule has 0 saturated carbocycles. The molecule has 32 heavy (non-hydrogen) atoms. The number of carbonyl (C=O) groups excluding carboxylic acids is 2. The fourth-order valence-electron chi connectivity index (χ4n) is 3.58. The number of amides is 1. The molecule has 172 valence electrons. The molecule has 0 bridgehead atoms. The molecule has 1 amide bonds. The lowest BCUT2D eigenvalue weighted by molar-refractivity contribution is -0.149. The monoisotopic (exact) mass is 459 g/mol. The minimum atomic E-state index is -3.58. The van der Waals surface area contributed by atoms with Crippen molar-refractivity contribution < 1.29 is 27.5 Å². The first kappa shape index (κ1) is 23.9. The maximum Gasteiger partial charge on any atom is 0.310 e. The number of esters is 1. The van der Waals surface area contributed by atoms with Crippen molar-refractivity contribution in [2.24, 2.45) is 5.92 Å². The van der Waals surface area contributed by atoms with Crippen molar-refractivity contribution in [3.8, 4) is 0 Å². The van der Waals surface area contributed by atoms with Crippen LogP contribution in [0.4, 0.5) is 0 Å².